The molecule has 0 atom stereocenters. The van der Waals surface area contributed by atoms with Crippen LogP contribution in [0.15, 0.2) is 32.9 Å². The number of fused-ring (bicyclic) bond motifs is 1. The van der Waals surface area contributed by atoms with Gasteiger partial charge < -0.3 is 0 Å². The summed E-state index contributed by atoms with van der Waals surface area (Å²) in [5, 5.41) is 19.5. The number of thiazole rings is 1. The first-order valence-electron chi connectivity index (χ1n) is 6.36. The number of carbonyl (C=O) groups excluding carboxylic acids is 1. The molecule has 0 fully saturated rings. The molecular formula is C13H9N5OS4. The first-order chi connectivity index (χ1) is 11.2. The summed E-state index contributed by atoms with van der Waals surface area (Å²) in [4.78, 5) is 16.4. The lowest BCUT2D eigenvalue weighted by atomic mass is 10.3. The lowest BCUT2D eigenvalue weighted by Crippen LogP contribution is -2.13. The number of hydrogen-bond acceptors (Lipinski definition) is 9. The van der Waals surface area contributed by atoms with Crippen molar-refractivity contribution in [3.8, 4) is 6.07 Å². The van der Waals surface area contributed by atoms with E-state index in [2.05, 4.69) is 20.5 Å². The van der Waals surface area contributed by atoms with E-state index in [4.69, 9.17) is 5.26 Å². The Morgan fingerprint density at radius 3 is 2.91 bits per heavy atom. The highest BCUT2D eigenvalue weighted by Gasteiger charge is 2.11. The van der Waals surface area contributed by atoms with E-state index in [1.54, 1.807) is 11.3 Å². The zero-order chi connectivity index (χ0) is 16.1. The normalized spacial score (nSPS) is 10.6. The topological polar surface area (TPSA) is 91.6 Å². The summed E-state index contributed by atoms with van der Waals surface area (Å²) >= 11 is 5.53. The van der Waals surface area contributed by atoms with Crippen molar-refractivity contribution in [1.29, 1.82) is 5.26 Å². The summed E-state index contributed by atoms with van der Waals surface area (Å²) in [5.41, 5.74) is 0.948. The second-order valence-corrected chi connectivity index (χ2v) is 8.56. The first-order valence-corrected chi connectivity index (χ1v) is 9.96. The number of benzene rings is 1. The summed E-state index contributed by atoms with van der Waals surface area (Å²) in [7, 11) is 0. The molecule has 0 aliphatic carbocycles. The van der Waals surface area contributed by atoms with Gasteiger partial charge in [0.15, 0.2) is 8.68 Å². The van der Waals surface area contributed by atoms with Crippen LogP contribution in [-0.2, 0) is 4.79 Å². The third-order valence-electron chi connectivity index (χ3n) is 2.51. The Morgan fingerprint density at radius 2 is 2.09 bits per heavy atom. The number of para-hydroxylation sites is 1. The van der Waals surface area contributed by atoms with Crippen LogP contribution in [0.1, 0.15) is 0 Å². The predicted molar refractivity (Wildman–Crippen MR) is 95.2 cm³/mol. The van der Waals surface area contributed by atoms with Crippen molar-refractivity contribution in [2.24, 2.45) is 0 Å². The van der Waals surface area contributed by atoms with Gasteiger partial charge in [0, 0.05) is 0 Å². The number of amides is 1. The molecule has 0 saturated heterocycles. The highest BCUT2D eigenvalue weighted by atomic mass is 32.2. The molecule has 1 aromatic carbocycles. The fraction of sp³-hybridized carbons (Fsp3) is 0.154. The number of aromatic nitrogens is 3. The molecule has 1 N–H and O–H groups in total. The quantitative estimate of drug-likeness (QED) is 0.518. The van der Waals surface area contributed by atoms with Gasteiger partial charge in [0.1, 0.15) is 0 Å². The molecule has 10 heteroatoms. The van der Waals surface area contributed by atoms with Crippen molar-refractivity contribution in [2.75, 3.05) is 16.8 Å². The molecule has 2 heterocycles. The molecule has 0 saturated carbocycles. The van der Waals surface area contributed by atoms with Crippen LogP contribution in [0, 0.1) is 11.3 Å². The molecule has 0 spiro atoms. The van der Waals surface area contributed by atoms with Crippen LogP contribution < -0.4 is 5.32 Å². The largest absolute Gasteiger partial charge is 0.300 e. The van der Waals surface area contributed by atoms with E-state index in [1.807, 2.05) is 30.3 Å². The number of nitrogens with one attached hydrogen (secondary N) is 1. The Labute approximate surface area is 148 Å². The lowest BCUT2D eigenvalue weighted by Gasteiger charge is -1.98. The van der Waals surface area contributed by atoms with Crippen LogP contribution in [0.5, 0.6) is 0 Å². The molecule has 3 rings (SSSR count). The summed E-state index contributed by atoms with van der Waals surface area (Å²) in [6.45, 7) is 0. The summed E-state index contributed by atoms with van der Waals surface area (Å²) in [5.74, 6) is 0.429. The van der Waals surface area contributed by atoms with Gasteiger partial charge in [-0.3, -0.25) is 10.1 Å². The Hall–Kier alpha value is -1.67. The fourth-order valence-corrected chi connectivity index (χ4v) is 4.91. The summed E-state index contributed by atoms with van der Waals surface area (Å²) in [6, 6.07) is 9.91. The minimum atomic E-state index is -0.151. The van der Waals surface area contributed by atoms with Crippen molar-refractivity contribution >= 4 is 67.5 Å². The van der Waals surface area contributed by atoms with Crippen LogP contribution >= 0.6 is 46.2 Å². The van der Waals surface area contributed by atoms with Gasteiger partial charge in [0.25, 0.3) is 0 Å². The number of hydrogen-bond donors (Lipinski definition) is 1. The maximum Gasteiger partial charge on any atom is 0.236 e. The third-order valence-corrected chi connectivity index (χ3v) is 6.53. The Morgan fingerprint density at radius 1 is 1.22 bits per heavy atom. The van der Waals surface area contributed by atoms with Gasteiger partial charge in [-0.15, -0.1) is 21.5 Å². The van der Waals surface area contributed by atoms with Crippen molar-refractivity contribution in [3.05, 3.63) is 24.3 Å². The SMILES string of the molecule is N#CCSc1nnc(NC(=O)CSc2nc3ccccc3s2)s1. The van der Waals surface area contributed by atoms with E-state index in [9.17, 15) is 4.79 Å². The smallest absolute Gasteiger partial charge is 0.236 e. The molecular weight excluding hydrogens is 370 g/mol. The average molecular weight is 380 g/mol. The van der Waals surface area contributed by atoms with Gasteiger partial charge in [-0.05, 0) is 12.1 Å². The van der Waals surface area contributed by atoms with Crippen LogP contribution in [-0.4, -0.2) is 32.6 Å². The molecule has 0 bridgehead atoms. The molecule has 23 heavy (non-hydrogen) atoms. The molecule has 0 radical (unpaired) electrons. The van der Waals surface area contributed by atoms with Gasteiger partial charge in [0.05, 0.1) is 27.8 Å². The second-order valence-electron chi connectivity index (χ2n) is 4.10. The van der Waals surface area contributed by atoms with Crippen LogP contribution in [0.25, 0.3) is 10.2 Å². The van der Waals surface area contributed by atoms with Crippen LogP contribution in [0.3, 0.4) is 0 Å². The molecule has 2 aromatic heterocycles. The van der Waals surface area contributed by atoms with Crippen LogP contribution in [0.4, 0.5) is 5.13 Å². The van der Waals surface area contributed by atoms with Gasteiger partial charge in [-0.2, -0.15) is 5.26 Å². The van der Waals surface area contributed by atoms with E-state index < -0.39 is 0 Å². The maximum absolute atomic E-state index is 11.9. The standard InChI is InChI=1S/C13H9N5OS4/c14-5-6-20-13-18-17-11(23-13)16-10(19)7-21-12-15-8-3-1-2-4-9(8)22-12/h1-4H,6-7H2,(H,16,17,19). The van der Waals surface area contributed by atoms with E-state index in [-0.39, 0.29) is 11.7 Å². The molecule has 0 unspecified atom stereocenters. The number of thioether (sulfide) groups is 2. The zero-order valence-electron chi connectivity index (χ0n) is 11.6. The Kier molecular flexibility index (Phi) is 5.45. The lowest BCUT2D eigenvalue weighted by molar-refractivity contribution is -0.113. The van der Waals surface area contributed by atoms with Crippen molar-refractivity contribution < 1.29 is 4.79 Å². The highest BCUT2D eigenvalue weighted by Crippen LogP contribution is 2.29. The molecule has 116 valence electrons. The van der Waals surface area contributed by atoms with Gasteiger partial charge in [0.2, 0.25) is 11.0 Å². The summed E-state index contributed by atoms with van der Waals surface area (Å²) in [6.07, 6.45) is 0. The predicted octanol–water partition coefficient (Wildman–Crippen LogP) is 3.49. The average Bonchev–Trinajstić information content (AvgIpc) is 3.17. The van der Waals surface area contributed by atoms with Gasteiger partial charge >= 0.3 is 0 Å². The molecule has 3 aromatic rings. The summed E-state index contributed by atoms with van der Waals surface area (Å²) < 4.78 is 2.64. The molecule has 6 nitrogen and oxygen atoms in total. The number of carbonyl (C=O) groups is 1. The van der Waals surface area contributed by atoms with Crippen molar-refractivity contribution in [3.63, 3.8) is 0 Å². The second kappa shape index (κ2) is 7.74. The van der Waals surface area contributed by atoms with Gasteiger partial charge in [-0.25, -0.2) is 4.98 Å². The van der Waals surface area contributed by atoms with E-state index in [0.717, 1.165) is 14.6 Å². The highest BCUT2D eigenvalue weighted by molar-refractivity contribution is 8.01. The molecule has 0 aliphatic rings. The molecule has 1 amide bonds. The molecule has 0 aliphatic heterocycles. The minimum Gasteiger partial charge on any atom is -0.300 e. The van der Waals surface area contributed by atoms with Crippen molar-refractivity contribution in [1.82, 2.24) is 15.2 Å². The fourth-order valence-electron chi connectivity index (χ4n) is 1.61. The third kappa shape index (κ3) is 4.42. The van der Waals surface area contributed by atoms with E-state index in [1.165, 1.54) is 34.9 Å². The maximum atomic E-state index is 11.9. The first kappa shape index (κ1) is 16.2. The van der Waals surface area contributed by atoms with Crippen LogP contribution in [0.2, 0.25) is 0 Å². The number of rotatable bonds is 6. The van der Waals surface area contributed by atoms with E-state index >= 15 is 0 Å². The number of nitriles is 1. The van der Waals surface area contributed by atoms with Gasteiger partial charge in [-0.1, -0.05) is 47.0 Å². The van der Waals surface area contributed by atoms with Crippen molar-refractivity contribution in [2.45, 2.75) is 8.68 Å². The van der Waals surface area contributed by atoms with E-state index in [0.29, 0.717) is 15.2 Å². The zero-order valence-corrected chi connectivity index (χ0v) is 14.8. The number of anilines is 1. The Bertz CT molecular complexity index is 836. The number of nitrogens with zero attached hydrogens (tertiary/aromatic N) is 4. The minimum absolute atomic E-state index is 0.151. The Balaban J connectivity index is 1.53. The monoisotopic (exact) mass is 379 g/mol.